The maximum Gasteiger partial charge on any atom is 0.341 e. The van der Waals surface area contributed by atoms with E-state index in [-0.39, 0.29) is 11.7 Å². The smallest absolute Gasteiger partial charge is 0.341 e. The van der Waals surface area contributed by atoms with Gasteiger partial charge in [0.1, 0.15) is 4.75 Å². The summed E-state index contributed by atoms with van der Waals surface area (Å²) in [5.74, 6) is -0.372. The molecule has 0 radical (unpaired) electrons. The molecule has 1 N–H and O–H groups in total. The molecule has 0 aliphatic carbocycles. The van der Waals surface area contributed by atoms with Gasteiger partial charge in [0.05, 0.1) is 12.4 Å². The van der Waals surface area contributed by atoms with Crippen LogP contribution in [-0.2, 0) is 19.4 Å². The van der Waals surface area contributed by atoms with Crippen LogP contribution in [0.2, 0.25) is 0 Å². The van der Waals surface area contributed by atoms with Gasteiger partial charge in [-0.25, -0.2) is 13.2 Å². The Balaban J connectivity index is 1.60. The van der Waals surface area contributed by atoms with E-state index in [9.17, 15) is 13.2 Å². The normalized spacial score (nSPS) is 15.5. The first kappa shape index (κ1) is 22.9. The minimum atomic E-state index is -3.61. The van der Waals surface area contributed by atoms with Crippen molar-refractivity contribution in [2.45, 2.75) is 24.0 Å². The lowest BCUT2D eigenvalue weighted by atomic mass is 9.92. The molecule has 0 amide bonds. The fourth-order valence-corrected chi connectivity index (χ4v) is 6.31. The molecule has 7 heteroatoms. The number of carboxylic acid groups (broad SMARTS) is 1. The number of hydrogen-bond acceptors (Lipinski definition) is 5. The van der Waals surface area contributed by atoms with Crippen LogP contribution in [0.4, 0.5) is 0 Å². The van der Waals surface area contributed by atoms with E-state index in [1.165, 1.54) is 0 Å². The van der Waals surface area contributed by atoms with Gasteiger partial charge in [0.25, 0.3) is 0 Å². The topological polar surface area (TPSA) is 89.9 Å². The van der Waals surface area contributed by atoms with Crippen molar-refractivity contribution in [2.24, 2.45) is 0 Å². The predicted octanol–water partition coefficient (Wildman–Crippen LogP) is 4.39. The third-order valence-electron chi connectivity index (χ3n) is 6.24. The largest absolute Gasteiger partial charge is 0.489 e. The summed E-state index contributed by atoms with van der Waals surface area (Å²) in [5, 5.41) is 8.88. The van der Waals surface area contributed by atoms with E-state index < -0.39 is 27.2 Å². The molecule has 0 fully saturated rings. The van der Waals surface area contributed by atoms with Crippen molar-refractivity contribution < 1.29 is 27.8 Å². The van der Waals surface area contributed by atoms with E-state index in [1.54, 1.807) is 19.1 Å². The zero-order valence-corrected chi connectivity index (χ0v) is 19.1. The number of carbonyl (C=O) groups is 1. The number of aliphatic carboxylic acids is 1. The maximum absolute atomic E-state index is 13.8. The molecule has 0 bridgehead atoms. The maximum atomic E-state index is 13.8. The Morgan fingerprint density at radius 1 is 1.00 bits per heavy atom. The first-order valence-electron chi connectivity index (χ1n) is 10.8. The summed E-state index contributed by atoms with van der Waals surface area (Å²) in [5.41, 5.74) is 2.29. The van der Waals surface area contributed by atoms with E-state index in [0.717, 1.165) is 16.7 Å². The van der Waals surface area contributed by atoms with Crippen LogP contribution in [0.3, 0.4) is 0 Å². The van der Waals surface area contributed by atoms with Crippen molar-refractivity contribution in [3.05, 3.63) is 95.6 Å². The summed E-state index contributed by atoms with van der Waals surface area (Å²) < 4.78 is 37.6. The average Bonchev–Trinajstić information content (AvgIpc) is 3.25. The fourth-order valence-electron chi connectivity index (χ4n) is 4.31. The third-order valence-corrected chi connectivity index (χ3v) is 8.72. The molecule has 1 aliphatic rings. The van der Waals surface area contributed by atoms with Gasteiger partial charge in [-0.2, -0.15) is 0 Å². The van der Waals surface area contributed by atoms with Crippen LogP contribution in [0.1, 0.15) is 36.0 Å². The number of benzene rings is 3. The highest BCUT2D eigenvalue weighted by atomic mass is 32.2. The van der Waals surface area contributed by atoms with Crippen LogP contribution in [0, 0.1) is 0 Å². The SMILES string of the molecule is CC(c1ccccc1)(c1ccccc1)S(=O)(=O)CCC1COc2c(OCC(=O)O)cccc21. The number of ether oxygens (including phenoxy) is 2. The van der Waals surface area contributed by atoms with Crippen LogP contribution in [0.15, 0.2) is 78.9 Å². The second-order valence-electron chi connectivity index (χ2n) is 8.24. The zero-order chi connectivity index (χ0) is 23.5. The van der Waals surface area contributed by atoms with Gasteiger partial charge < -0.3 is 14.6 Å². The molecule has 3 aromatic carbocycles. The Bertz CT molecular complexity index is 1180. The highest BCUT2D eigenvalue weighted by molar-refractivity contribution is 7.92. The molecule has 1 atom stereocenters. The monoisotopic (exact) mass is 466 g/mol. The number of carboxylic acids is 1. The first-order chi connectivity index (χ1) is 15.8. The summed E-state index contributed by atoms with van der Waals surface area (Å²) in [4.78, 5) is 10.8. The highest BCUT2D eigenvalue weighted by Gasteiger charge is 2.43. The van der Waals surface area contributed by atoms with Crippen molar-refractivity contribution in [1.82, 2.24) is 0 Å². The first-order valence-corrected chi connectivity index (χ1v) is 12.4. The molecule has 172 valence electrons. The van der Waals surface area contributed by atoms with Crippen molar-refractivity contribution in [3.8, 4) is 11.5 Å². The second kappa shape index (κ2) is 9.27. The third kappa shape index (κ3) is 4.46. The lowest BCUT2D eigenvalue weighted by Crippen LogP contribution is -2.36. The standard InChI is InChI=1S/C26H26O6S/c1-26(20-9-4-2-5-10-20,21-11-6-3-7-12-21)33(29,30)16-15-19-17-32-25-22(19)13-8-14-23(25)31-18-24(27)28/h2-14,19H,15-18H2,1H3,(H,27,28). The highest BCUT2D eigenvalue weighted by Crippen LogP contribution is 2.44. The summed E-state index contributed by atoms with van der Waals surface area (Å²) in [7, 11) is -3.61. The van der Waals surface area contributed by atoms with Crippen molar-refractivity contribution in [3.63, 3.8) is 0 Å². The number of hydrogen-bond donors (Lipinski definition) is 1. The van der Waals surface area contributed by atoms with E-state index in [4.69, 9.17) is 14.6 Å². The summed E-state index contributed by atoms with van der Waals surface area (Å²) >= 11 is 0. The number of rotatable bonds is 9. The van der Waals surface area contributed by atoms with Gasteiger partial charge in [-0.15, -0.1) is 0 Å². The molecule has 1 aliphatic heterocycles. The Morgan fingerprint density at radius 2 is 1.61 bits per heavy atom. The molecule has 0 saturated carbocycles. The molecule has 0 aromatic heterocycles. The van der Waals surface area contributed by atoms with Gasteiger partial charge in [-0.1, -0.05) is 72.8 Å². The molecule has 0 saturated heterocycles. The number of para-hydroxylation sites is 1. The van der Waals surface area contributed by atoms with E-state index in [2.05, 4.69) is 0 Å². The van der Waals surface area contributed by atoms with Crippen LogP contribution in [0.25, 0.3) is 0 Å². The summed E-state index contributed by atoms with van der Waals surface area (Å²) in [6, 6.07) is 23.9. The Labute approximate surface area is 193 Å². The van der Waals surface area contributed by atoms with Crippen molar-refractivity contribution in [1.29, 1.82) is 0 Å². The molecule has 6 nitrogen and oxygen atoms in total. The molecule has 1 unspecified atom stereocenters. The molecule has 33 heavy (non-hydrogen) atoms. The van der Waals surface area contributed by atoms with Gasteiger partial charge in [0.2, 0.25) is 0 Å². The van der Waals surface area contributed by atoms with Gasteiger partial charge in [0, 0.05) is 11.5 Å². The van der Waals surface area contributed by atoms with E-state index in [1.807, 2.05) is 66.7 Å². The van der Waals surface area contributed by atoms with Crippen LogP contribution < -0.4 is 9.47 Å². The lowest BCUT2D eigenvalue weighted by Gasteiger charge is -2.31. The van der Waals surface area contributed by atoms with E-state index in [0.29, 0.717) is 24.5 Å². The van der Waals surface area contributed by atoms with Gasteiger partial charge in [-0.05, 0) is 30.5 Å². The molecule has 0 spiro atoms. The van der Waals surface area contributed by atoms with Crippen LogP contribution in [-0.4, -0.2) is 38.5 Å². The van der Waals surface area contributed by atoms with Crippen LogP contribution in [0.5, 0.6) is 11.5 Å². The fraction of sp³-hybridized carbons (Fsp3) is 0.269. The average molecular weight is 467 g/mol. The van der Waals surface area contributed by atoms with Crippen molar-refractivity contribution >= 4 is 15.8 Å². The Kier molecular flexibility index (Phi) is 6.42. The quantitative estimate of drug-likeness (QED) is 0.503. The Hall–Kier alpha value is -3.32. The molecular formula is C26H26O6S. The second-order valence-corrected chi connectivity index (χ2v) is 10.7. The van der Waals surface area contributed by atoms with Crippen molar-refractivity contribution in [2.75, 3.05) is 19.0 Å². The van der Waals surface area contributed by atoms with Crippen LogP contribution >= 0.6 is 0 Å². The molecule has 1 heterocycles. The lowest BCUT2D eigenvalue weighted by molar-refractivity contribution is -0.139. The zero-order valence-electron chi connectivity index (χ0n) is 18.3. The predicted molar refractivity (Wildman–Crippen MR) is 126 cm³/mol. The van der Waals surface area contributed by atoms with Gasteiger partial charge >= 0.3 is 5.97 Å². The molecular weight excluding hydrogens is 440 g/mol. The van der Waals surface area contributed by atoms with Gasteiger partial charge in [-0.3, -0.25) is 0 Å². The molecule has 4 rings (SSSR count). The summed E-state index contributed by atoms with van der Waals surface area (Å²) in [6.45, 7) is 1.63. The van der Waals surface area contributed by atoms with Gasteiger partial charge in [0.15, 0.2) is 27.9 Å². The number of fused-ring (bicyclic) bond motifs is 1. The molecule has 3 aromatic rings. The van der Waals surface area contributed by atoms with E-state index >= 15 is 0 Å². The Morgan fingerprint density at radius 3 is 2.18 bits per heavy atom. The number of sulfone groups is 1. The minimum absolute atomic E-state index is 0.0268. The summed E-state index contributed by atoms with van der Waals surface area (Å²) in [6.07, 6.45) is 0.382. The minimum Gasteiger partial charge on any atom is -0.489 e.